The maximum atomic E-state index is 12.9. The molecule has 0 radical (unpaired) electrons. The Kier molecular flexibility index (Phi) is 4.34. The van der Waals surface area contributed by atoms with Gasteiger partial charge in [0.15, 0.2) is 5.13 Å². The Balaban J connectivity index is 1.90. The summed E-state index contributed by atoms with van der Waals surface area (Å²) in [6, 6.07) is 11.6. The van der Waals surface area contributed by atoms with E-state index in [1.807, 2.05) is 13.0 Å². The minimum atomic E-state index is -0.266. The molecule has 112 valence electrons. The number of anilines is 2. The van der Waals surface area contributed by atoms with Gasteiger partial charge in [0.05, 0.1) is 15.7 Å². The van der Waals surface area contributed by atoms with Crippen LogP contribution < -0.4 is 5.32 Å². The van der Waals surface area contributed by atoms with Crippen LogP contribution >= 0.6 is 34.5 Å². The number of aromatic nitrogens is 1. The molecule has 0 aliphatic rings. The van der Waals surface area contributed by atoms with Gasteiger partial charge in [-0.15, -0.1) is 11.3 Å². The van der Waals surface area contributed by atoms with Crippen LogP contribution in [-0.2, 0) is 0 Å². The van der Waals surface area contributed by atoms with E-state index in [-0.39, 0.29) is 5.82 Å². The molecule has 0 aliphatic carbocycles. The molecule has 0 saturated carbocycles. The molecule has 0 spiro atoms. The van der Waals surface area contributed by atoms with E-state index in [0.717, 1.165) is 27.0 Å². The van der Waals surface area contributed by atoms with Crippen molar-refractivity contribution < 1.29 is 4.39 Å². The molecular weight excluding hydrogens is 342 g/mol. The van der Waals surface area contributed by atoms with Crippen LogP contribution in [0.3, 0.4) is 0 Å². The van der Waals surface area contributed by atoms with E-state index >= 15 is 0 Å². The highest BCUT2D eigenvalue weighted by Gasteiger charge is 2.11. The monoisotopic (exact) mass is 352 g/mol. The lowest BCUT2D eigenvalue weighted by atomic mass is 10.1. The van der Waals surface area contributed by atoms with Crippen molar-refractivity contribution in [3.05, 3.63) is 63.2 Å². The SMILES string of the molecule is Cc1sc(Nc2ccc(F)cc2)nc1-c1ccc(Cl)c(Cl)c1. The molecule has 0 fully saturated rings. The van der Waals surface area contributed by atoms with Crippen molar-refractivity contribution in [3.8, 4) is 11.3 Å². The Morgan fingerprint density at radius 1 is 1.05 bits per heavy atom. The van der Waals surface area contributed by atoms with Gasteiger partial charge in [-0.2, -0.15) is 0 Å². The first-order valence-electron chi connectivity index (χ1n) is 6.48. The smallest absolute Gasteiger partial charge is 0.187 e. The number of hydrogen-bond donors (Lipinski definition) is 1. The van der Waals surface area contributed by atoms with Crippen LogP contribution in [0.5, 0.6) is 0 Å². The first-order chi connectivity index (χ1) is 10.5. The van der Waals surface area contributed by atoms with Gasteiger partial charge in [-0.1, -0.05) is 29.3 Å². The van der Waals surface area contributed by atoms with Crippen LogP contribution in [0.4, 0.5) is 15.2 Å². The van der Waals surface area contributed by atoms with Crippen molar-refractivity contribution in [2.24, 2.45) is 0 Å². The van der Waals surface area contributed by atoms with Crippen LogP contribution in [-0.4, -0.2) is 4.98 Å². The maximum absolute atomic E-state index is 12.9. The molecule has 1 heterocycles. The second kappa shape index (κ2) is 6.24. The topological polar surface area (TPSA) is 24.9 Å². The average molecular weight is 353 g/mol. The van der Waals surface area contributed by atoms with Gasteiger partial charge in [0.2, 0.25) is 0 Å². The average Bonchev–Trinajstić information content (AvgIpc) is 2.85. The Bertz CT molecular complexity index is 816. The van der Waals surface area contributed by atoms with E-state index < -0.39 is 0 Å². The summed E-state index contributed by atoms with van der Waals surface area (Å²) in [6.45, 7) is 1.99. The number of rotatable bonds is 3. The summed E-state index contributed by atoms with van der Waals surface area (Å²) in [7, 11) is 0. The van der Waals surface area contributed by atoms with E-state index in [2.05, 4.69) is 10.3 Å². The number of aryl methyl sites for hydroxylation is 1. The molecule has 1 aromatic heterocycles. The second-order valence-electron chi connectivity index (χ2n) is 4.68. The third kappa shape index (κ3) is 3.24. The lowest BCUT2D eigenvalue weighted by Crippen LogP contribution is -1.89. The number of nitrogens with zero attached hydrogens (tertiary/aromatic N) is 1. The lowest BCUT2D eigenvalue weighted by molar-refractivity contribution is 0.628. The van der Waals surface area contributed by atoms with Gasteiger partial charge in [0, 0.05) is 16.1 Å². The summed E-state index contributed by atoms with van der Waals surface area (Å²) in [5.74, 6) is -0.266. The summed E-state index contributed by atoms with van der Waals surface area (Å²) >= 11 is 13.5. The molecule has 3 aromatic rings. The van der Waals surface area contributed by atoms with Gasteiger partial charge in [-0.25, -0.2) is 9.37 Å². The van der Waals surface area contributed by atoms with Crippen LogP contribution in [0.2, 0.25) is 10.0 Å². The number of nitrogens with one attached hydrogen (secondary N) is 1. The van der Waals surface area contributed by atoms with E-state index in [4.69, 9.17) is 23.2 Å². The molecule has 1 N–H and O–H groups in total. The van der Waals surface area contributed by atoms with E-state index in [9.17, 15) is 4.39 Å². The summed E-state index contributed by atoms with van der Waals surface area (Å²) in [4.78, 5) is 5.64. The molecule has 6 heteroatoms. The van der Waals surface area contributed by atoms with Crippen LogP contribution in [0.15, 0.2) is 42.5 Å². The van der Waals surface area contributed by atoms with Crippen LogP contribution in [0.1, 0.15) is 4.88 Å². The first-order valence-corrected chi connectivity index (χ1v) is 8.05. The number of hydrogen-bond acceptors (Lipinski definition) is 3. The Hall–Kier alpha value is -1.62. The molecule has 2 nitrogen and oxygen atoms in total. The molecule has 0 unspecified atom stereocenters. The highest BCUT2D eigenvalue weighted by atomic mass is 35.5. The van der Waals surface area contributed by atoms with Crippen molar-refractivity contribution in [1.82, 2.24) is 4.98 Å². The van der Waals surface area contributed by atoms with Crippen molar-refractivity contribution in [1.29, 1.82) is 0 Å². The molecule has 0 atom stereocenters. The molecule has 22 heavy (non-hydrogen) atoms. The van der Waals surface area contributed by atoms with E-state index in [1.54, 1.807) is 24.3 Å². The van der Waals surface area contributed by atoms with Gasteiger partial charge in [0.25, 0.3) is 0 Å². The highest BCUT2D eigenvalue weighted by molar-refractivity contribution is 7.16. The summed E-state index contributed by atoms with van der Waals surface area (Å²) in [5.41, 5.74) is 2.55. The third-order valence-corrected chi connectivity index (χ3v) is 4.71. The quantitative estimate of drug-likeness (QED) is 0.597. The Morgan fingerprint density at radius 2 is 1.77 bits per heavy atom. The Morgan fingerprint density at radius 3 is 2.45 bits per heavy atom. The molecule has 0 bridgehead atoms. The van der Waals surface area contributed by atoms with Gasteiger partial charge in [0.1, 0.15) is 5.82 Å². The molecule has 2 aromatic carbocycles. The predicted octanol–water partition coefficient (Wildman–Crippen LogP) is 6.31. The van der Waals surface area contributed by atoms with Crippen LogP contribution in [0, 0.1) is 12.7 Å². The van der Waals surface area contributed by atoms with E-state index in [1.165, 1.54) is 23.5 Å². The van der Waals surface area contributed by atoms with Gasteiger partial charge >= 0.3 is 0 Å². The second-order valence-corrected chi connectivity index (χ2v) is 6.70. The Labute approximate surface area is 141 Å². The summed E-state index contributed by atoms with van der Waals surface area (Å²) < 4.78 is 12.9. The number of benzene rings is 2. The highest BCUT2D eigenvalue weighted by Crippen LogP contribution is 2.34. The molecule has 3 rings (SSSR count). The van der Waals surface area contributed by atoms with Crippen LogP contribution in [0.25, 0.3) is 11.3 Å². The zero-order chi connectivity index (χ0) is 15.7. The normalized spacial score (nSPS) is 10.7. The van der Waals surface area contributed by atoms with Gasteiger partial charge in [-0.3, -0.25) is 0 Å². The number of thiazole rings is 1. The standard InChI is InChI=1S/C16H11Cl2FN2S/c1-9-15(10-2-7-13(17)14(18)8-10)21-16(22-9)20-12-5-3-11(19)4-6-12/h2-8H,1H3,(H,20,21). The van der Waals surface area contributed by atoms with Crippen molar-refractivity contribution in [2.75, 3.05) is 5.32 Å². The molecule has 0 saturated heterocycles. The predicted molar refractivity (Wildman–Crippen MR) is 92.0 cm³/mol. The fourth-order valence-electron chi connectivity index (χ4n) is 2.02. The number of halogens is 3. The van der Waals surface area contributed by atoms with Crippen molar-refractivity contribution in [2.45, 2.75) is 6.92 Å². The third-order valence-electron chi connectivity index (χ3n) is 3.09. The molecular formula is C16H11Cl2FN2S. The zero-order valence-electron chi connectivity index (χ0n) is 11.5. The van der Waals surface area contributed by atoms with E-state index in [0.29, 0.717) is 10.0 Å². The maximum Gasteiger partial charge on any atom is 0.187 e. The minimum Gasteiger partial charge on any atom is -0.332 e. The van der Waals surface area contributed by atoms with Crippen molar-refractivity contribution in [3.63, 3.8) is 0 Å². The fourth-order valence-corrected chi connectivity index (χ4v) is 3.17. The first kappa shape index (κ1) is 15.3. The molecule has 0 amide bonds. The lowest BCUT2D eigenvalue weighted by Gasteiger charge is -2.02. The largest absolute Gasteiger partial charge is 0.332 e. The fraction of sp³-hybridized carbons (Fsp3) is 0.0625. The molecule has 0 aliphatic heterocycles. The minimum absolute atomic E-state index is 0.266. The van der Waals surface area contributed by atoms with Gasteiger partial charge < -0.3 is 5.32 Å². The summed E-state index contributed by atoms with van der Waals surface area (Å²) in [5, 5.41) is 4.93. The van der Waals surface area contributed by atoms with Gasteiger partial charge in [-0.05, 0) is 43.3 Å². The zero-order valence-corrected chi connectivity index (χ0v) is 13.9. The van der Waals surface area contributed by atoms with Crippen molar-refractivity contribution >= 4 is 45.4 Å². The summed E-state index contributed by atoms with van der Waals surface area (Å²) in [6.07, 6.45) is 0.